The van der Waals surface area contributed by atoms with Crippen LogP contribution in [0.1, 0.15) is 43.5 Å². The molecule has 0 spiro atoms. The standard InChI is InChI=1S/C30H33N3O3.ClH/c1-3-22-10-4-6-12-27(22)33-21-23(20-29(33)34)30-31-26-11-5-7-13-28(26)32(30)18-8-9-19-36-25-16-14-24(35-2)15-17-25;/h4-7,10-17,23H,3,8-9,18-21H2,1-2H3;1H/p-1. The molecule has 1 amide bonds. The number of hydrogen-bond acceptors (Lipinski definition) is 4. The van der Waals surface area contributed by atoms with E-state index in [0.717, 1.165) is 59.9 Å². The summed E-state index contributed by atoms with van der Waals surface area (Å²) in [7, 11) is 1.66. The highest BCUT2D eigenvalue weighted by Gasteiger charge is 2.35. The maximum atomic E-state index is 13.1. The van der Waals surface area contributed by atoms with Crippen molar-refractivity contribution in [3.63, 3.8) is 0 Å². The van der Waals surface area contributed by atoms with Crippen molar-refractivity contribution in [2.24, 2.45) is 0 Å². The molecule has 0 aliphatic carbocycles. The molecule has 1 atom stereocenters. The molecule has 0 saturated carbocycles. The number of hydrogen-bond donors (Lipinski definition) is 0. The number of benzene rings is 3. The number of imidazole rings is 1. The Labute approximate surface area is 224 Å². The molecular formula is C30H33ClN3O3-. The number of halogens is 1. The summed E-state index contributed by atoms with van der Waals surface area (Å²) in [6, 6.07) is 24.2. The van der Waals surface area contributed by atoms with E-state index in [1.54, 1.807) is 7.11 Å². The van der Waals surface area contributed by atoms with Gasteiger partial charge >= 0.3 is 0 Å². The van der Waals surface area contributed by atoms with Crippen LogP contribution in [0.3, 0.4) is 0 Å². The second-order valence-corrected chi connectivity index (χ2v) is 9.23. The molecular weight excluding hydrogens is 486 g/mol. The number of anilines is 1. The Morgan fingerprint density at radius 2 is 1.68 bits per heavy atom. The summed E-state index contributed by atoms with van der Waals surface area (Å²) in [5.74, 6) is 2.93. The minimum Gasteiger partial charge on any atom is -1.00 e. The minimum absolute atomic E-state index is 0. The average Bonchev–Trinajstić information content (AvgIpc) is 3.49. The van der Waals surface area contributed by atoms with Gasteiger partial charge in [0.25, 0.3) is 0 Å². The van der Waals surface area contributed by atoms with Crippen molar-refractivity contribution < 1.29 is 26.7 Å². The van der Waals surface area contributed by atoms with Crippen molar-refractivity contribution in [1.29, 1.82) is 0 Å². The summed E-state index contributed by atoms with van der Waals surface area (Å²) in [5, 5.41) is 0. The molecule has 3 aromatic carbocycles. The fourth-order valence-corrected chi connectivity index (χ4v) is 5.06. The van der Waals surface area contributed by atoms with E-state index in [1.807, 2.05) is 47.4 Å². The third-order valence-corrected chi connectivity index (χ3v) is 6.94. The molecule has 1 saturated heterocycles. The van der Waals surface area contributed by atoms with Gasteiger partial charge in [-0.3, -0.25) is 4.79 Å². The quantitative estimate of drug-likeness (QED) is 0.303. The number of rotatable bonds is 10. The lowest BCUT2D eigenvalue weighted by atomic mass is 10.1. The second kappa shape index (κ2) is 12.2. The van der Waals surface area contributed by atoms with Gasteiger partial charge in [0.2, 0.25) is 5.91 Å². The van der Waals surface area contributed by atoms with Gasteiger partial charge in [-0.15, -0.1) is 0 Å². The molecule has 1 aliphatic heterocycles. The van der Waals surface area contributed by atoms with Gasteiger partial charge in [-0.25, -0.2) is 4.98 Å². The summed E-state index contributed by atoms with van der Waals surface area (Å²) >= 11 is 0. The van der Waals surface area contributed by atoms with E-state index in [-0.39, 0.29) is 24.2 Å². The summed E-state index contributed by atoms with van der Waals surface area (Å²) in [6.07, 6.45) is 3.29. The fraction of sp³-hybridized carbons (Fsp3) is 0.333. The summed E-state index contributed by atoms with van der Waals surface area (Å²) in [4.78, 5) is 20.0. The molecule has 1 aliphatic rings. The summed E-state index contributed by atoms with van der Waals surface area (Å²) in [6.45, 7) is 4.30. The van der Waals surface area contributed by atoms with Gasteiger partial charge in [-0.05, 0) is 67.3 Å². The van der Waals surface area contributed by atoms with Crippen LogP contribution in [0.25, 0.3) is 11.0 Å². The number of methoxy groups -OCH3 is 1. The van der Waals surface area contributed by atoms with Gasteiger partial charge in [0.05, 0.1) is 24.8 Å². The number of amides is 1. The Kier molecular flexibility index (Phi) is 8.72. The molecule has 6 nitrogen and oxygen atoms in total. The lowest BCUT2D eigenvalue weighted by Gasteiger charge is -2.20. The van der Waals surface area contributed by atoms with E-state index >= 15 is 0 Å². The Balaban J connectivity index is 0.00000320. The predicted molar refractivity (Wildman–Crippen MR) is 143 cm³/mol. The Morgan fingerprint density at radius 3 is 2.46 bits per heavy atom. The number of carbonyl (C=O) groups excluding carboxylic acids is 1. The third kappa shape index (κ3) is 5.75. The topological polar surface area (TPSA) is 56.6 Å². The lowest BCUT2D eigenvalue weighted by Crippen LogP contribution is -3.00. The van der Waals surface area contributed by atoms with Gasteiger partial charge in [-0.1, -0.05) is 37.3 Å². The van der Waals surface area contributed by atoms with Gasteiger partial charge in [0, 0.05) is 31.1 Å². The SMILES string of the molecule is CCc1ccccc1N1CC(c2nc3ccccc3n2CCCCOc2ccc(OC)cc2)CC1=O.[Cl-]. The number of fused-ring (bicyclic) bond motifs is 1. The molecule has 7 heteroatoms. The Morgan fingerprint density at radius 1 is 0.946 bits per heavy atom. The van der Waals surface area contributed by atoms with Crippen molar-refractivity contribution >= 4 is 22.6 Å². The maximum absolute atomic E-state index is 13.1. The smallest absolute Gasteiger partial charge is 0.227 e. The molecule has 0 bridgehead atoms. The highest BCUT2D eigenvalue weighted by atomic mass is 35.5. The van der Waals surface area contributed by atoms with E-state index in [9.17, 15) is 4.79 Å². The van der Waals surface area contributed by atoms with Crippen molar-refractivity contribution in [2.45, 2.75) is 45.1 Å². The van der Waals surface area contributed by atoms with Crippen molar-refractivity contribution in [1.82, 2.24) is 9.55 Å². The van der Waals surface area contributed by atoms with Gasteiger partial charge in [0.15, 0.2) is 0 Å². The van der Waals surface area contributed by atoms with E-state index < -0.39 is 0 Å². The zero-order chi connectivity index (χ0) is 24.9. The molecule has 2 heterocycles. The molecule has 1 aromatic heterocycles. The van der Waals surface area contributed by atoms with E-state index in [1.165, 1.54) is 5.56 Å². The molecule has 1 unspecified atom stereocenters. The number of aryl methyl sites for hydroxylation is 2. The van der Waals surface area contributed by atoms with Crippen LogP contribution < -0.4 is 26.8 Å². The molecule has 0 radical (unpaired) electrons. The van der Waals surface area contributed by atoms with Crippen LogP contribution in [-0.4, -0.2) is 35.7 Å². The molecule has 5 rings (SSSR count). The van der Waals surface area contributed by atoms with E-state index in [2.05, 4.69) is 41.8 Å². The predicted octanol–water partition coefficient (Wildman–Crippen LogP) is 2.99. The van der Waals surface area contributed by atoms with E-state index in [0.29, 0.717) is 19.6 Å². The number of nitrogens with zero attached hydrogens (tertiary/aromatic N) is 3. The average molecular weight is 519 g/mol. The molecule has 37 heavy (non-hydrogen) atoms. The number of aromatic nitrogens is 2. The maximum Gasteiger partial charge on any atom is 0.227 e. The number of ether oxygens (including phenoxy) is 2. The van der Waals surface area contributed by atoms with Crippen LogP contribution in [0.2, 0.25) is 0 Å². The van der Waals surface area contributed by atoms with E-state index in [4.69, 9.17) is 14.5 Å². The summed E-state index contributed by atoms with van der Waals surface area (Å²) in [5.41, 5.74) is 4.35. The van der Waals surface area contributed by atoms with Crippen molar-refractivity contribution in [2.75, 3.05) is 25.2 Å². The molecule has 0 N–H and O–H groups in total. The van der Waals surface area contributed by atoms with Crippen LogP contribution in [0.15, 0.2) is 72.8 Å². The second-order valence-electron chi connectivity index (χ2n) is 9.23. The molecule has 194 valence electrons. The first-order chi connectivity index (χ1) is 17.7. The minimum atomic E-state index is 0. The monoisotopic (exact) mass is 518 g/mol. The normalized spacial score (nSPS) is 15.1. The zero-order valence-electron chi connectivity index (χ0n) is 21.4. The van der Waals surface area contributed by atoms with Crippen molar-refractivity contribution in [3.05, 3.63) is 84.2 Å². The summed E-state index contributed by atoms with van der Waals surface area (Å²) < 4.78 is 13.4. The van der Waals surface area contributed by atoms with Gasteiger partial charge < -0.3 is 31.3 Å². The first-order valence-electron chi connectivity index (χ1n) is 12.8. The lowest BCUT2D eigenvalue weighted by molar-refractivity contribution is -0.117. The zero-order valence-corrected chi connectivity index (χ0v) is 22.2. The van der Waals surface area contributed by atoms with Crippen LogP contribution in [0.5, 0.6) is 11.5 Å². The molecule has 1 fully saturated rings. The van der Waals surface area contributed by atoms with Gasteiger partial charge in [0.1, 0.15) is 17.3 Å². The first kappa shape index (κ1) is 26.6. The van der Waals surface area contributed by atoms with Crippen LogP contribution in [0, 0.1) is 0 Å². The Hall–Kier alpha value is -3.51. The van der Waals surface area contributed by atoms with Crippen LogP contribution in [-0.2, 0) is 17.8 Å². The van der Waals surface area contributed by atoms with Gasteiger partial charge in [-0.2, -0.15) is 0 Å². The fourth-order valence-electron chi connectivity index (χ4n) is 5.06. The number of carbonyl (C=O) groups is 1. The van der Waals surface area contributed by atoms with Crippen molar-refractivity contribution in [3.8, 4) is 11.5 Å². The highest BCUT2D eigenvalue weighted by Crippen LogP contribution is 2.35. The number of unbranched alkanes of at least 4 members (excludes halogenated alkanes) is 1. The molecule has 4 aromatic rings. The third-order valence-electron chi connectivity index (χ3n) is 6.94. The Bertz CT molecular complexity index is 1340. The first-order valence-corrected chi connectivity index (χ1v) is 12.8. The highest BCUT2D eigenvalue weighted by molar-refractivity contribution is 5.97. The van der Waals surface area contributed by atoms with Crippen LogP contribution >= 0.6 is 0 Å². The number of para-hydroxylation sites is 3. The largest absolute Gasteiger partial charge is 1.00 e. The van der Waals surface area contributed by atoms with Crippen LogP contribution in [0.4, 0.5) is 5.69 Å².